The zero-order valence-electron chi connectivity index (χ0n) is 13.4. The quantitative estimate of drug-likeness (QED) is 0.775. The van der Waals surface area contributed by atoms with E-state index in [0.29, 0.717) is 16.5 Å². The predicted molar refractivity (Wildman–Crippen MR) is 97.9 cm³/mol. The second-order valence-corrected chi connectivity index (χ2v) is 7.64. The Balaban J connectivity index is 2.12. The molecule has 2 rings (SSSR count). The number of para-hydroxylation sites is 1. The van der Waals surface area contributed by atoms with E-state index < -0.39 is 22.0 Å². The largest absolute Gasteiger partial charge is 0.495 e. The number of nitrogens with one attached hydrogen (secondary N) is 2. The molecule has 2 aromatic carbocycles. The molecular formula is C16H16Cl2N2O4S. The van der Waals surface area contributed by atoms with Crippen molar-refractivity contribution in [1.82, 2.24) is 4.72 Å². The fraction of sp³-hybridized carbons (Fsp3) is 0.188. The molecule has 0 radical (unpaired) electrons. The lowest BCUT2D eigenvalue weighted by Crippen LogP contribution is -2.41. The molecule has 25 heavy (non-hydrogen) atoms. The van der Waals surface area contributed by atoms with Gasteiger partial charge in [0.25, 0.3) is 0 Å². The smallest absolute Gasteiger partial charge is 0.242 e. The molecule has 0 saturated heterocycles. The first-order chi connectivity index (χ1) is 11.7. The van der Waals surface area contributed by atoms with Crippen LogP contribution in [-0.4, -0.2) is 27.5 Å². The highest BCUT2D eigenvalue weighted by atomic mass is 35.5. The average molecular weight is 403 g/mol. The van der Waals surface area contributed by atoms with Crippen molar-refractivity contribution >= 4 is 44.8 Å². The Kier molecular flexibility index (Phi) is 6.29. The highest BCUT2D eigenvalue weighted by Crippen LogP contribution is 2.27. The maximum absolute atomic E-state index is 12.4. The van der Waals surface area contributed by atoms with Crippen molar-refractivity contribution < 1.29 is 17.9 Å². The minimum Gasteiger partial charge on any atom is -0.495 e. The molecule has 0 aromatic heterocycles. The number of carbonyl (C=O) groups excluding carboxylic acids is 1. The van der Waals surface area contributed by atoms with E-state index in [1.165, 1.54) is 32.2 Å². The van der Waals surface area contributed by atoms with E-state index in [0.717, 1.165) is 0 Å². The molecule has 6 nitrogen and oxygen atoms in total. The van der Waals surface area contributed by atoms with Crippen LogP contribution in [0.1, 0.15) is 6.92 Å². The van der Waals surface area contributed by atoms with E-state index in [1.54, 1.807) is 24.3 Å². The van der Waals surface area contributed by atoms with Gasteiger partial charge in [-0.3, -0.25) is 4.79 Å². The molecule has 2 N–H and O–H groups in total. The number of halogens is 2. The van der Waals surface area contributed by atoms with Crippen LogP contribution in [0.4, 0.5) is 5.69 Å². The normalized spacial score (nSPS) is 12.5. The number of amides is 1. The van der Waals surface area contributed by atoms with Gasteiger partial charge in [-0.25, -0.2) is 8.42 Å². The van der Waals surface area contributed by atoms with Gasteiger partial charge in [-0.05, 0) is 37.3 Å². The van der Waals surface area contributed by atoms with E-state index in [2.05, 4.69) is 10.0 Å². The number of anilines is 1. The Morgan fingerprint density at radius 1 is 1.12 bits per heavy atom. The summed E-state index contributed by atoms with van der Waals surface area (Å²) in [6.45, 7) is 1.43. The van der Waals surface area contributed by atoms with Crippen molar-refractivity contribution in [2.75, 3.05) is 12.4 Å². The molecule has 0 heterocycles. The molecule has 0 unspecified atom stereocenters. The van der Waals surface area contributed by atoms with Gasteiger partial charge in [-0.2, -0.15) is 4.72 Å². The Labute approximate surface area is 156 Å². The van der Waals surface area contributed by atoms with Crippen LogP contribution in [0, 0.1) is 0 Å². The van der Waals surface area contributed by atoms with Gasteiger partial charge in [0, 0.05) is 0 Å². The predicted octanol–water partition coefficient (Wildman–Crippen LogP) is 3.31. The van der Waals surface area contributed by atoms with Gasteiger partial charge < -0.3 is 10.1 Å². The molecule has 1 amide bonds. The number of benzene rings is 2. The van der Waals surface area contributed by atoms with Crippen LogP contribution in [0.15, 0.2) is 47.4 Å². The second-order valence-electron chi connectivity index (χ2n) is 5.11. The lowest BCUT2D eigenvalue weighted by Gasteiger charge is -2.15. The van der Waals surface area contributed by atoms with Crippen molar-refractivity contribution in [3.63, 3.8) is 0 Å². The minimum atomic E-state index is -3.94. The first-order valence-corrected chi connectivity index (χ1v) is 9.40. The summed E-state index contributed by atoms with van der Waals surface area (Å²) in [5, 5.41) is 3.08. The van der Waals surface area contributed by atoms with Crippen LogP contribution < -0.4 is 14.8 Å². The van der Waals surface area contributed by atoms with Crippen molar-refractivity contribution in [2.24, 2.45) is 0 Å². The molecule has 0 aliphatic carbocycles. The van der Waals surface area contributed by atoms with Crippen molar-refractivity contribution in [1.29, 1.82) is 0 Å². The third kappa shape index (κ3) is 4.85. The van der Waals surface area contributed by atoms with E-state index in [9.17, 15) is 13.2 Å². The Hall–Kier alpha value is -1.80. The topological polar surface area (TPSA) is 84.5 Å². The maximum atomic E-state index is 12.4. The van der Waals surface area contributed by atoms with Crippen LogP contribution in [0.25, 0.3) is 0 Å². The molecule has 0 spiro atoms. The number of hydrogen-bond acceptors (Lipinski definition) is 4. The lowest BCUT2D eigenvalue weighted by atomic mass is 10.3. The standard InChI is InChI=1S/C16H16Cl2N2O4S/c1-10(16(21)19-14-6-4-3-5-12(14)17)20-25(22,23)11-7-8-15(24-2)13(18)9-11/h3-10,20H,1-2H3,(H,19,21)/t10-/m0/s1. The summed E-state index contributed by atoms with van der Waals surface area (Å²) >= 11 is 11.9. The fourth-order valence-electron chi connectivity index (χ4n) is 1.97. The summed E-state index contributed by atoms with van der Waals surface area (Å²) in [5.41, 5.74) is 0.396. The van der Waals surface area contributed by atoms with Crippen molar-refractivity contribution in [3.8, 4) is 5.75 Å². The minimum absolute atomic E-state index is 0.0734. The number of methoxy groups -OCH3 is 1. The van der Waals surface area contributed by atoms with E-state index in [1.807, 2.05) is 0 Å². The summed E-state index contributed by atoms with van der Waals surface area (Å²) in [7, 11) is -2.51. The zero-order valence-corrected chi connectivity index (χ0v) is 15.7. The molecule has 1 atom stereocenters. The van der Waals surface area contributed by atoms with Crippen LogP contribution >= 0.6 is 23.2 Å². The molecule has 2 aromatic rings. The Morgan fingerprint density at radius 3 is 2.40 bits per heavy atom. The lowest BCUT2D eigenvalue weighted by molar-refractivity contribution is -0.117. The van der Waals surface area contributed by atoms with Crippen molar-refractivity contribution in [2.45, 2.75) is 17.9 Å². The first-order valence-electron chi connectivity index (χ1n) is 7.16. The molecular weight excluding hydrogens is 387 g/mol. The van der Waals surface area contributed by atoms with E-state index in [-0.39, 0.29) is 9.92 Å². The summed E-state index contributed by atoms with van der Waals surface area (Å²) in [6.07, 6.45) is 0. The van der Waals surface area contributed by atoms with E-state index in [4.69, 9.17) is 27.9 Å². The molecule has 0 fully saturated rings. The Morgan fingerprint density at radius 2 is 1.80 bits per heavy atom. The van der Waals surface area contributed by atoms with Crippen LogP contribution in [0.2, 0.25) is 10.0 Å². The van der Waals surface area contributed by atoms with Gasteiger partial charge in [0.05, 0.1) is 33.8 Å². The second kappa shape index (κ2) is 8.05. The molecule has 134 valence electrons. The Bertz CT molecular complexity index is 887. The summed E-state index contributed by atoms with van der Waals surface area (Å²) < 4.78 is 32.1. The first kappa shape index (κ1) is 19.5. The maximum Gasteiger partial charge on any atom is 0.242 e. The molecule has 0 aliphatic heterocycles. The molecule has 0 aliphatic rings. The van der Waals surface area contributed by atoms with Crippen LogP contribution in [0.3, 0.4) is 0 Å². The number of rotatable bonds is 6. The van der Waals surface area contributed by atoms with Crippen molar-refractivity contribution in [3.05, 3.63) is 52.5 Å². The number of sulfonamides is 1. The number of ether oxygens (including phenoxy) is 1. The van der Waals surface area contributed by atoms with E-state index >= 15 is 0 Å². The molecule has 0 saturated carbocycles. The highest BCUT2D eigenvalue weighted by molar-refractivity contribution is 7.89. The average Bonchev–Trinajstić information content (AvgIpc) is 2.56. The number of carbonyl (C=O) groups is 1. The van der Waals surface area contributed by atoms with Gasteiger partial charge >= 0.3 is 0 Å². The third-order valence-electron chi connectivity index (χ3n) is 3.29. The van der Waals surface area contributed by atoms with Crippen LogP contribution in [-0.2, 0) is 14.8 Å². The SMILES string of the molecule is COc1ccc(S(=O)(=O)N[C@@H](C)C(=O)Nc2ccccc2Cl)cc1Cl. The summed E-state index contributed by atoms with van der Waals surface area (Å²) in [5.74, 6) is -0.193. The van der Waals surface area contributed by atoms with Gasteiger partial charge in [0.1, 0.15) is 5.75 Å². The fourth-order valence-corrected chi connectivity index (χ4v) is 3.71. The summed E-state index contributed by atoms with van der Waals surface area (Å²) in [4.78, 5) is 12.1. The molecule has 9 heteroatoms. The third-order valence-corrected chi connectivity index (χ3v) is 5.45. The number of hydrogen-bond donors (Lipinski definition) is 2. The van der Waals surface area contributed by atoms with Crippen LogP contribution in [0.5, 0.6) is 5.75 Å². The van der Waals surface area contributed by atoms with Gasteiger partial charge in [0.2, 0.25) is 15.9 Å². The highest BCUT2D eigenvalue weighted by Gasteiger charge is 2.23. The monoisotopic (exact) mass is 402 g/mol. The van der Waals surface area contributed by atoms with Gasteiger partial charge in [-0.15, -0.1) is 0 Å². The van der Waals surface area contributed by atoms with Gasteiger partial charge in [-0.1, -0.05) is 35.3 Å². The molecule has 0 bridgehead atoms. The zero-order chi connectivity index (χ0) is 18.6. The summed E-state index contributed by atoms with van der Waals surface area (Å²) in [6, 6.07) is 9.66. The van der Waals surface area contributed by atoms with Gasteiger partial charge in [0.15, 0.2) is 0 Å².